The molecule has 0 bridgehead atoms. The van der Waals surface area contributed by atoms with E-state index in [4.69, 9.17) is 4.74 Å². The van der Waals surface area contributed by atoms with Crippen molar-refractivity contribution in [3.63, 3.8) is 0 Å². The van der Waals surface area contributed by atoms with Crippen molar-refractivity contribution < 1.29 is 4.74 Å². The summed E-state index contributed by atoms with van der Waals surface area (Å²) in [6.07, 6.45) is 0. The molecule has 0 amide bonds. The minimum atomic E-state index is -0.396. The highest BCUT2D eigenvalue weighted by atomic mass is 32.1. The smallest absolute Gasteiger partial charge is 0.365 e. The summed E-state index contributed by atoms with van der Waals surface area (Å²) in [6, 6.07) is 17.3. The zero-order chi connectivity index (χ0) is 17.1. The van der Waals surface area contributed by atoms with Gasteiger partial charge in [0.05, 0.1) is 11.1 Å². The predicted octanol–water partition coefficient (Wildman–Crippen LogP) is 2.66. The van der Waals surface area contributed by atoms with Gasteiger partial charge in [0, 0.05) is 11.1 Å². The van der Waals surface area contributed by atoms with Gasteiger partial charge in [0.2, 0.25) is 5.88 Å². The molecule has 0 atom stereocenters. The molecular formula is C17H13N5O2S. The second-order valence-corrected chi connectivity index (χ2v) is 6.05. The third-order valence-corrected chi connectivity index (χ3v) is 4.44. The number of ether oxygens (including phenoxy) is 1. The number of hydrogen-bond acceptors (Lipinski definition) is 6. The molecule has 8 heteroatoms. The second-order valence-electron chi connectivity index (χ2n) is 5.19. The Hall–Kier alpha value is -3.26. The first-order chi connectivity index (χ1) is 12.3. The van der Waals surface area contributed by atoms with E-state index in [0.29, 0.717) is 11.6 Å². The summed E-state index contributed by atoms with van der Waals surface area (Å²) < 4.78 is 7.00. The molecule has 0 spiro atoms. The van der Waals surface area contributed by atoms with E-state index in [1.807, 2.05) is 53.9 Å². The van der Waals surface area contributed by atoms with Gasteiger partial charge in [-0.25, -0.2) is 14.9 Å². The highest BCUT2D eigenvalue weighted by Crippen LogP contribution is 2.27. The number of aromatic amines is 1. The van der Waals surface area contributed by atoms with Gasteiger partial charge < -0.3 is 4.74 Å². The van der Waals surface area contributed by atoms with Gasteiger partial charge in [0.1, 0.15) is 11.6 Å². The first-order valence-electron chi connectivity index (χ1n) is 7.54. The summed E-state index contributed by atoms with van der Waals surface area (Å²) in [5, 5.41) is 12.3. The molecule has 4 rings (SSSR count). The highest BCUT2D eigenvalue weighted by Gasteiger charge is 2.10. The molecular weight excluding hydrogens is 338 g/mol. The Labute approximate surface area is 146 Å². The quantitative estimate of drug-likeness (QED) is 0.597. The number of aromatic nitrogens is 5. The maximum absolute atomic E-state index is 11.7. The van der Waals surface area contributed by atoms with E-state index in [1.54, 1.807) is 6.07 Å². The van der Waals surface area contributed by atoms with Crippen molar-refractivity contribution in [1.82, 2.24) is 25.2 Å². The average molecular weight is 351 g/mol. The number of benzene rings is 2. The standard InChI is InChI=1S/C17H13N5O2S/c23-17-19-20-21-22(17)14-9-5-4-8-13(14)10-24-15-11-25-16(18-15)12-6-2-1-3-7-12/h1-9,11H,10H2,(H,19,21,23). The van der Waals surface area contributed by atoms with E-state index >= 15 is 0 Å². The molecule has 2 aromatic heterocycles. The summed E-state index contributed by atoms with van der Waals surface area (Å²) >= 11 is 1.52. The lowest BCUT2D eigenvalue weighted by Gasteiger charge is -2.08. The molecule has 2 heterocycles. The summed E-state index contributed by atoms with van der Waals surface area (Å²) in [4.78, 5) is 16.2. The van der Waals surface area contributed by atoms with Crippen molar-refractivity contribution >= 4 is 11.3 Å². The van der Waals surface area contributed by atoms with E-state index in [9.17, 15) is 4.79 Å². The number of hydrogen-bond donors (Lipinski definition) is 1. The van der Waals surface area contributed by atoms with Gasteiger partial charge in [-0.2, -0.15) is 4.68 Å². The average Bonchev–Trinajstić information content (AvgIpc) is 3.30. The lowest BCUT2D eigenvalue weighted by Crippen LogP contribution is -2.18. The van der Waals surface area contributed by atoms with Crippen molar-refractivity contribution in [2.24, 2.45) is 0 Å². The van der Waals surface area contributed by atoms with Crippen molar-refractivity contribution in [1.29, 1.82) is 0 Å². The summed E-state index contributed by atoms with van der Waals surface area (Å²) in [7, 11) is 0. The molecule has 0 radical (unpaired) electrons. The molecule has 0 saturated carbocycles. The Morgan fingerprint density at radius 2 is 1.88 bits per heavy atom. The monoisotopic (exact) mass is 351 g/mol. The van der Waals surface area contributed by atoms with Crippen LogP contribution in [0.15, 0.2) is 64.8 Å². The fourth-order valence-corrected chi connectivity index (χ4v) is 3.13. The van der Waals surface area contributed by atoms with Crippen molar-refractivity contribution in [3.8, 4) is 22.1 Å². The Morgan fingerprint density at radius 3 is 2.68 bits per heavy atom. The van der Waals surface area contributed by atoms with Crippen LogP contribution >= 0.6 is 11.3 Å². The first-order valence-corrected chi connectivity index (χ1v) is 8.41. The summed E-state index contributed by atoms with van der Waals surface area (Å²) in [6.45, 7) is 0.271. The molecule has 0 aliphatic heterocycles. The van der Waals surface area contributed by atoms with Gasteiger partial charge >= 0.3 is 5.69 Å². The minimum Gasteiger partial charge on any atom is -0.472 e. The van der Waals surface area contributed by atoms with Crippen LogP contribution in [0.25, 0.3) is 16.3 Å². The van der Waals surface area contributed by atoms with Crippen molar-refractivity contribution in [3.05, 3.63) is 76.0 Å². The van der Waals surface area contributed by atoms with Crippen LogP contribution in [-0.2, 0) is 6.61 Å². The van der Waals surface area contributed by atoms with Crippen LogP contribution in [0.1, 0.15) is 5.56 Å². The van der Waals surface area contributed by atoms with Crippen LogP contribution in [0, 0.1) is 0 Å². The summed E-state index contributed by atoms with van der Waals surface area (Å²) in [5.41, 5.74) is 2.09. The van der Waals surface area contributed by atoms with Gasteiger partial charge in [0.25, 0.3) is 0 Å². The molecule has 4 aromatic rings. The minimum absolute atomic E-state index is 0.271. The number of thiazole rings is 1. The third kappa shape index (κ3) is 3.20. The van der Waals surface area contributed by atoms with Gasteiger partial charge in [0.15, 0.2) is 0 Å². The fraction of sp³-hybridized carbons (Fsp3) is 0.0588. The van der Waals surface area contributed by atoms with Crippen LogP contribution < -0.4 is 10.4 Å². The van der Waals surface area contributed by atoms with E-state index in [1.165, 1.54) is 16.0 Å². The Morgan fingerprint density at radius 1 is 1.08 bits per heavy atom. The molecule has 0 unspecified atom stereocenters. The SMILES string of the molecule is O=c1[nH]nnn1-c1ccccc1COc1csc(-c2ccccc2)n1. The maximum atomic E-state index is 11.7. The molecule has 7 nitrogen and oxygen atoms in total. The third-order valence-electron chi connectivity index (χ3n) is 3.57. The summed E-state index contributed by atoms with van der Waals surface area (Å²) in [5.74, 6) is 0.547. The lowest BCUT2D eigenvalue weighted by atomic mass is 10.2. The second kappa shape index (κ2) is 6.70. The van der Waals surface area contributed by atoms with E-state index in [2.05, 4.69) is 20.5 Å². The van der Waals surface area contributed by atoms with Crippen LogP contribution in [-0.4, -0.2) is 25.2 Å². The Kier molecular flexibility index (Phi) is 4.09. The molecule has 0 aliphatic carbocycles. The molecule has 0 aliphatic rings. The van der Waals surface area contributed by atoms with Crippen LogP contribution in [0.5, 0.6) is 5.88 Å². The largest absolute Gasteiger partial charge is 0.472 e. The number of nitrogens with one attached hydrogen (secondary N) is 1. The zero-order valence-electron chi connectivity index (χ0n) is 13.0. The lowest BCUT2D eigenvalue weighted by molar-refractivity contribution is 0.295. The highest BCUT2D eigenvalue weighted by molar-refractivity contribution is 7.13. The topological polar surface area (TPSA) is 85.7 Å². The normalized spacial score (nSPS) is 10.7. The predicted molar refractivity (Wildman–Crippen MR) is 93.9 cm³/mol. The van der Waals surface area contributed by atoms with E-state index in [0.717, 1.165) is 16.1 Å². The molecule has 2 aromatic carbocycles. The number of para-hydroxylation sites is 1. The number of nitrogens with zero attached hydrogens (tertiary/aromatic N) is 4. The zero-order valence-corrected chi connectivity index (χ0v) is 13.8. The van der Waals surface area contributed by atoms with Gasteiger partial charge in [-0.05, 0) is 16.5 Å². The maximum Gasteiger partial charge on any atom is 0.365 e. The van der Waals surface area contributed by atoms with Crippen molar-refractivity contribution in [2.45, 2.75) is 6.61 Å². The van der Waals surface area contributed by atoms with E-state index < -0.39 is 5.69 Å². The van der Waals surface area contributed by atoms with Gasteiger partial charge in [-0.1, -0.05) is 48.5 Å². The molecule has 0 fully saturated rings. The Bertz CT molecular complexity index is 1040. The molecule has 0 saturated heterocycles. The molecule has 25 heavy (non-hydrogen) atoms. The first kappa shape index (κ1) is 15.3. The molecule has 124 valence electrons. The van der Waals surface area contributed by atoms with Gasteiger partial charge in [-0.15, -0.1) is 11.3 Å². The Balaban J connectivity index is 1.54. The van der Waals surface area contributed by atoms with Crippen LogP contribution in [0.4, 0.5) is 0 Å². The van der Waals surface area contributed by atoms with Gasteiger partial charge in [-0.3, -0.25) is 0 Å². The van der Waals surface area contributed by atoms with Crippen LogP contribution in [0.3, 0.4) is 0 Å². The number of rotatable bonds is 5. The molecule has 1 N–H and O–H groups in total. The number of H-pyrrole nitrogens is 1. The van der Waals surface area contributed by atoms with Crippen molar-refractivity contribution in [2.75, 3.05) is 0 Å². The van der Waals surface area contributed by atoms with Crippen LogP contribution in [0.2, 0.25) is 0 Å². The van der Waals surface area contributed by atoms with E-state index in [-0.39, 0.29) is 6.61 Å². The fourth-order valence-electron chi connectivity index (χ4n) is 2.39. The number of tetrazole rings is 1.